The van der Waals surface area contributed by atoms with Crippen LogP contribution in [0.15, 0.2) is 48.5 Å². The van der Waals surface area contributed by atoms with Crippen LogP contribution in [0.2, 0.25) is 5.02 Å². The second-order valence-corrected chi connectivity index (χ2v) is 9.28. The van der Waals surface area contributed by atoms with E-state index in [4.69, 9.17) is 11.6 Å². The lowest BCUT2D eigenvalue weighted by Crippen LogP contribution is -2.51. The van der Waals surface area contributed by atoms with Gasteiger partial charge in [0.25, 0.3) is 0 Å². The normalized spacial score (nSPS) is 12.2. The summed E-state index contributed by atoms with van der Waals surface area (Å²) in [5, 5.41) is 2.93. The fourth-order valence-corrected chi connectivity index (χ4v) is 3.99. The molecule has 0 bridgehead atoms. The summed E-state index contributed by atoms with van der Waals surface area (Å²) >= 11 is 5.98. The summed E-state index contributed by atoms with van der Waals surface area (Å²) in [6.07, 6.45) is 0.968. The minimum absolute atomic E-state index is 0.197. The fourth-order valence-electron chi connectivity index (χ4n) is 2.96. The molecule has 1 unspecified atom stereocenters. The first kappa shape index (κ1) is 24.6. The van der Waals surface area contributed by atoms with Crippen LogP contribution in [0.1, 0.15) is 19.4 Å². The maximum atomic E-state index is 14.2. The van der Waals surface area contributed by atoms with Gasteiger partial charge in [0.2, 0.25) is 21.8 Å². The van der Waals surface area contributed by atoms with Crippen molar-refractivity contribution in [1.82, 2.24) is 10.2 Å². The molecule has 0 aliphatic heterocycles. The van der Waals surface area contributed by atoms with Crippen molar-refractivity contribution in [3.8, 4) is 0 Å². The third kappa shape index (κ3) is 6.67. The number of likely N-dealkylation sites (N-methyl/N-ethyl adjacent to an activating group) is 1. The second kappa shape index (κ2) is 10.6. The molecule has 0 radical (unpaired) electrons. The second-order valence-electron chi connectivity index (χ2n) is 6.93. The summed E-state index contributed by atoms with van der Waals surface area (Å²) < 4.78 is 39.9. The Morgan fingerprint density at radius 1 is 1.16 bits per heavy atom. The van der Waals surface area contributed by atoms with Crippen molar-refractivity contribution < 1.29 is 22.4 Å². The monoisotopic (exact) mass is 469 g/mol. The Balaban J connectivity index is 2.40. The smallest absolute Gasteiger partial charge is 0.244 e. The number of halogens is 2. The zero-order chi connectivity index (χ0) is 23.2. The van der Waals surface area contributed by atoms with E-state index in [9.17, 15) is 22.4 Å². The molecule has 2 aromatic rings. The highest BCUT2D eigenvalue weighted by molar-refractivity contribution is 7.92. The van der Waals surface area contributed by atoms with Crippen LogP contribution in [0.3, 0.4) is 0 Å². The number of anilines is 1. The van der Waals surface area contributed by atoms with Crippen LogP contribution < -0.4 is 9.62 Å². The van der Waals surface area contributed by atoms with Crippen molar-refractivity contribution in [3.63, 3.8) is 0 Å². The minimum Gasteiger partial charge on any atom is -0.355 e. The Morgan fingerprint density at radius 2 is 1.84 bits per heavy atom. The van der Waals surface area contributed by atoms with Crippen molar-refractivity contribution in [2.75, 3.05) is 23.7 Å². The van der Waals surface area contributed by atoms with Crippen LogP contribution >= 0.6 is 11.6 Å². The van der Waals surface area contributed by atoms with Gasteiger partial charge < -0.3 is 10.2 Å². The third-order valence-electron chi connectivity index (χ3n) is 4.59. The molecular weight excluding hydrogens is 445 g/mol. The Hall–Kier alpha value is -2.65. The molecule has 31 heavy (non-hydrogen) atoms. The van der Waals surface area contributed by atoms with Gasteiger partial charge in [0, 0.05) is 23.7 Å². The lowest BCUT2D eigenvalue weighted by molar-refractivity contribution is -0.139. The van der Waals surface area contributed by atoms with Crippen molar-refractivity contribution in [2.24, 2.45) is 0 Å². The Bertz CT molecular complexity index is 1050. The number of amides is 2. The summed E-state index contributed by atoms with van der Waals surface area (Å²) in [4.78, 5) is 26.8. The molecule has 10 heteroatoms. The number of nitrogens with one attached hydrogen (secondary N) is 1. The number of carbonyl (C=O) groups excluding carboxylic acids is 2. The molecule has 0 saturated carbocycles. The highest BCUT2D eigenvalue weighted by Gasteiger charge is 2.30. The van der Waals surface area contributed by atoms with E-state index in [1.54, 1.807) is 25.1 Å². The molecule has 1 atom stereocenters. The van der Waals surface area contributed by atoms with Crippen LogP contribution in [0.5, 0.6) is 0 Å². The van der Waals surface area contributed by atoms with E-state index in [1.165, 1.54) is 37.3 Å². The molecule has 7 nitrogen and oxygen atoms in total. The summed E-state index contributed by atoms with van der Waals surface area (Å²) in [6.45, 7) is 2.82. The van der Waals surface area contributed by atoms with Crippen molar-refractivity contribution >= 4 is 39.1 Å². The van der Waals surface area contributed by atoms with Crippen LogP contribution in [0, 0.1) is 5.82 Å². The Morgan fingerprint density at radius 3 is 2.42 bits per heavy atom. The summed E-state index contributed by atoms with van der Waals surface area (Å²) in [5.74, 6) is -1.62. The molecule has 2 rings (SSSR count). The topological polar surface area (TPSA) is 86.8 Å². The average molecular weight is 470 g/mol. The molecule has 0 saturated heterocycles. The van der Waals surface area contributed by atoms with E-state index in [1.807, 2.05) is 0 Å². The molecular formula is C21H25ClFN3O4S. The zero-order valence-corrected chi connectivity index (χ0v) is 19.1. The van der Waals surface area contributed by atoms with E-state index in [0.29, 0.717) is 11.6 Å². The van der Waals surface area contributed by atoms with Crippen LogP contribution in [0.4, 0.5) is 10.1 Å². The summed E-state index contributed by atoms with van der Waals surface area (Å²) in [5.41, 5.74) is 0.417. The number of rotatable bonds is 9. The van der Waals surface area contributed by atoms with E-state index in [2.05, 4.69) is 5.32 Å². The van der Waals surface area contributed by atoms with E-state index in [-0.39, 0.29) is 17.8 Å². The van der Waals surface area contributed by atoms with Gasteiger partial charge in [0.05, 0.1) is 11.9 Å². The largest absolute Gasteiger partial charge is 0.355 e. The Kier molecular flexibility index (Phi) is 8.41. The van der Waals surface area contributed by atoms with Crippen LogP contribution in [0.25, 0.3) is 0 Å². The predicted octanol–water partition coefficient (Wildman–Crippen LogP) is 2.80. The molecule has 2 amide bonds. The average Bonchev–Trinajstić information content (AvgIpc) is 2.70. The number of hydrogen-bond donors (Lipinski definition) is 1. The van der Waals surface area contributed by atoms with Gasteiger partial charge in [-0.3, -0.25) is 13.9 Å². The van der Waals surface area contributed by atoms with Gasteiger partial charge >= 0.3 is 0 Å². The van der Waals surface area contributed by atoms with Crippen LogP contribution in [-0.4, -0.2) is 50.5 Å². The van der Waals surface area contributed by atoms with E-state index in [0.717, 1.165) is 15.5 Å². The summed E-state index contributed by atoms with van der Waals surface area (Å²) in [7, 11) is -3.85. The Labute approximate surface area is 186 Å². The van der Waals surface area contributed by atoms with Gasteiger partial charge in [-0.15, -0.1) is 0 Å². The molecule has 0 fully saturated rings. The third-order valence-corrected chi connectivity index (χ3v) is 5.97. The number of sulfonamides is 1. The van der Waals surface area contributed by atoms with Gasteiger partial charge in [-0.25, -0.2) is 12.8 Å². The van der Waals surface area contributed by atoms with Crippen molar-refractivity contribution in [1.29, 1.82) is 0 Å². The highest BCUT2D eigenvalue weighted by atomic mass is 35.5. The van der Waals surface area contributed by atoms with E-state index < -0.39 is 40.2 Å². The first-order valence-corrected chi connectivity index (χ1v) is 11.8. The lowest BCUT2D eigenvalue weighted by Gasteiger charge is -2.31. The van der Waals surface area contributed by atoms with Gasteiger partial charge in [0.1, 0.15) is 18.4 Å². The number of nitrogens with zero attached hydrogens (tertiary/aromatic N) is 2. The molecule has 0 aliphatic carbocycles. The van der Waals surface area contributed by atoms with E-state index >= 15 is 0 Å². The lowest BCUT2D eigenvalue weighted by atomic mass is 10.1. The molecule has 0 aliphatic rings. The molecule has 1 N–H and O–H groups in total. The number of hydrogen-bond acceptors (Lipinski definition) is 4. The standard InChI is InChI=1S/C21H25ClFN3O4S/c1-4-24-21(28)15(2)25(13-16-8-5-6-11-19(16)23)20(27)14-26(31(3,29)30)18-10-7-9-17(22)12-18/h5-12,15H,4,13-14H2,1-3H3,(H,24,28). The SMILES string of the molecule is CCNC(=O)C(C)N(Cc1ccccc1F)C(=O)CN(c1cccc(Cl)c1)S(C)(=O)=O. The molecule has 0 heterocycles. The first-order chi connectivity index (χ1) is 14.5. The van der Waals surface area contributed by atoms with Gasteiger partial charge in [-0.05, 0) is 38.1 Å². The van der Waals surface area contributed by atoms with Crippen molar-refractivity contribution in [2.45, 2.75) is 26.4 Å². The summed E-state index contributed by atoms with van der Waals surface area (Å²) in [6, 6.07) is 11.0. The predicted molar refractivity (Wildman–Crippen MR) is 119 cm³/mol. The number of carbonyl (C=O) groups is 2. The van der Waals surface area contributed by atoms with Gasteiger partial charge in [0.15, 0.2) is 0 Å². The quantitative estimate of drug-likeness (QED) is 0.611. The highest BCUT2D eigenvalue weighted by Crippen LogP contribution is 2.22. The molecule has 2 aromatic carbocycles. The minimum atomic E-state index is -3.85. The number of benzene rings is 2. The first-order valence-electron chi connectivity index (χ1n) is 9.58. The molecule has 168 valence electrons. The maximum absolute atomic E-state index is 14.2. The fraction of sp³-hybridized carbons (Fsp3) is 0.333. The van der Waals surface area contributed by atoms with Gasteiger partial charge in [-0.2, -0.15) is 0 Å². The zero-order valence-electron chi connectivity index (χ0n) is 17.5. The van der Waals surface area contributed by atoms with Crippen molar-refractivity contribution in [3.05, 3.63) is 64.9 Å². The van der Waals surface area contributed by atoms with Gasteiger partial charge in [-0.1, -0.05) is 35.9 Å². The molecule has 0 aromatic heterocycles. The maximum Gasteiger partial charge on any atom is 0.244 e. The van der Waals surface area contributed by atoms with Crippen LogP contribution in [-0.2, 0) is 26.2 Å². The molecule has 0 spiro atoms.